The number of rotatable bonds is 15. The number of nitrogens with two attached hydrogens (primary N) is 2. The van der Waals surface area contributed by atoms with Gasteiger partial charge < -0.3 is 16.2 Å². The van der Waals surface area contributed by atoms with Crippen molar-refractivity contribution in [2.45, 2.75) is 197 Å². The van der Waals surface area contributed by atoms with Crippen LogP contribution in [0.25, 0.3) is 0 Å². The van der Waals surface area contributed by atoms with Crippen LogP contribution in [-0.2, 0) is 14.3 Å². The molecule has 0 aromatic carbocycles. The third-order valence-corrected chi connectivity index (χ3v) is 10.7. The molecule has 0 aromatic heterocycles. The Balaban J connectivity index is 3.00. The number of hydrogen-bond donors (Lipinski definition) is 2. The average Bonchev–Trinajstić information content (AvgIpc) is 2.93. The van der Waals surface area contributed by atoms with Crippen molar-refractivity contribution in [1.82, 2.24) is 4.90 Å². The minimum absolute atomic E-state index is 0.0848. The van der Waals surface area contributed by atoms with Gasteiger partial charge in [0.2, 0.25) is 11.8 Å². The van der Waals surface area contributed by atoms with Crippen LogP contribution in [0.2, 0.25) is 0 Å². The fourth-order valence-corrected chi connectivity index (χ4v) is 8.54. The van der Waals surface area contributed by atoms with Crippen molar-refractivity contribution < 1.29 is 14.3 Å². The lowest BCUT2D eigenvalue weighted by Crippen LogP contribution is -2.55. The summed E-state index contributed by atoms with van der Waals surface area (Å²) in [5, 5.41) is 0. The molecule has 45 heavy (non-hydrogen) atoms. The van der Waals surface area contributed by atoms with Gasteiger partial charge in [-0.3, -0.25) is 14.5 Å². The SMILES string of the molecule is C=C(CC1CC(=O)N(C(C)(C)CC(C)(N)CC(C)(C)CC(C)(C)OC(C)(C)C)C1=O)CC(C)(N)C(C)(C)CC(C)(C)C(C)(C)C. The summed E-state index contributed by atoms with van der Waals surface area (Å²) in [6.45, 7) is 43.4. The normalized spacial score (nSPS) is 20.8. The number of carbonyl (C=O) groups excluding carboxylic acids is 2. The van der Waals surface area contributed by atoms with Crippen LogP contribution in [0.15, 0.2) is 12.2 Å². The van der Waals surface area contributed by atoms with Gasteiger partial charge in [-0.25, -0.2) is 0 Å². The first-order valence-corrected chi connectivity index (χ1v) is 17.3. The van der Waals surface area contributed by atoms with Crippen LogP contribution in [0, 0.1) is 27.6 Å². The Morgan fingerprint density at radius 2 is 1.24 bits per heavy atom. The Morgan fingerprint density at radius 1 is 0.756 bits per heavy atom. The van der Waals surface area contributed by atoms with Gasteiger partial charge in [-0.1, -0.05) is 74.5 Å². The molecule has 1 fully saturated rings. The van der Waals surface area contributed by atoms with Gasteiger partial charge in [0, 0.05) is 23.0 Å². The molecule has 1 saturated heterocycles. The third kappa shape index (κ3) is 11.7. The van der Waals surface area contributed by atoms with Gasteiger partial charge in [-0.2, -0.15) is 0 Å². The van der Waals surface area contributed by atoms with E-state index in [9.17, 15) is 9.59 Å². The molecule has 6 heteroatoms. The minimum atomic E-state index is -0.718. The summed E-state index contributed by atoms with van der Waals surface area (Å²) < 4.78 is 6.36. The van der Waals surface area contributed by atoms with Gasteiger partial charge in [0.1, 0.15) is 0 Å². The monoisotopic (exact) mass is 634 g/mol. The predicted octanol–water partition coefficient (Wildman–Crippen LogP) is 9.19. The number of likely N-dealkylation sites (tertiary alicyclic amines) is 1. The highest BCUT2D eigenvalue weighted by Crippen LogP contribution is 2.50. The maximum Gasteiger partial charge on any atom is 0.233 e. The fraction of sp³-hybridized carbons (Fsp3) is 0.897. The van der Waals surface area contributed by atoms with Crippen molar-refractivity contribution in [3.8, 4) is 0 Å². The first kappa shape index (κ1) is 41.8. The quantitative estimate of drug-likeness (QED) is 0.138. The van der Waals surface area contributed by atoms with Crippen LogP contribution >= 0.6 is 0 Å². The summed E-state index contributed by atoms with van der Waals surface area (Å²) in [5.41, 5.74) is 12.5. The van der Waals surface area contributed by atoms with E-state index in [1.54, 1.807) is 0 Å². The van der Waals surface area contributed by atoms with Crippen LogP contribution < -0.4 is 11.5 Å². The smallest absolute Gasteiger partial charge is 0.233 e. The van der Waals surface area contributed by atoms with Crippen molar-refractivity contribution in [3.05, 3.63) is 12.2 Å². The van der Waals surface area contributed by atoms with Crippen molar-refractivity contribution in [2.75, 3.05) is 0 Å². The van der Waals surface area contributed by atoms with Crippen molar-refractivity contribution in [3.63, 3.8) is 0 Å². The van der Waals surface area contributed by atoms with Gasteiger partial charge in [0.15, 0.2) is 0 Å². The molecule has 4 N–H and O–H groups in total. The fourth-order valence-electron chi connectivity index (χ4n) is 8.54. The maximum absolute atomic E-state index is 13.8. The van der Waals surface area contributed by atoms with E-state index in [2.05, 4.69) is 110 Å². The Kier molecular flexibility index (Phi) is 12.1. The summed E-state index contributed by atoms with van der Waals surface area (Å²) >= 11 is 0. The van der Waals surface area contributed by atoms with Gasteiger partial charge in [0.25, 0.3) is 0 Å². The molecule has 0 saturated carbocycles. The third-order valence-electron chi connectivity index (χ3n) is 10.7. The summed E-state index contributed by atoms with van der Waals surface area (Å²) in [5.74, 6) is -0.655. The van der Waals surface area contributed by atoms with Crippen LogP contribution in [-0.4, -0.2) is 44.5 Å². The molecule has 1 aliphatic rings. The molecule has 0 radical (unpaired) electrons. The Hall–Kier alpha value is -1.24. The molecule has 6 nitrogen and oxygen atoms in total. The summed E-state index contributed by atoms with van der Waals surface area (Å²) in [6, 6.07) is 0. The predicted molar refractivity (Wildman–Crippen MR) is 192 cm³/mol. The zero-order chi connectivity index (χ0) is 36.0. The van der Waals surface area contributed by atoms with Crippen LogP contribution in [0.5, 0.6) is 0 Å². The molecular weight excluding hydrogens is 558 g/mol. The molecular formula is C39H75N3O3. The number of ether oxygens (including phenoxy) is 1. The molecule has 1 aliphatic heterocycles. The highest BCUT2D eigenvalue weighted by molar-refractivity contribution is 6.04. The summed E-state index contributed by atoms with van der Waals surface area (Å²) in [6.07, 6.45) is 4.31. The second-order valence-corrected chi connectivity index (χ2v) is 20.8. The highest BCUT2D eigenvalue weighted by Gasteiger charge is 2.50. The average molecular weight is 634 g/mol. The first-order chi connectivity index (χ1) is 19.5. The van der Waals surface area contributed by atoms with Gasteiger partial charge in [-0.05, 0) is 122 Å². The standard InChI is InChI=1S/C39H75N3O3/c1-27(22-39(19,41)35(12,13)25-34(10,11)31(2,3)4)20-28-21-29(43)42(30(28)44)36(14,15)26-38(18,40)24-33(8,9)23-37(16,17)45-32(5,6)7/h28H,1,20-26,40-41H2,2-19H3. The Labute approximate surface area is 279 Å². The molecule has 1 heterocycles. The lowest BCUT2D eigenvalue weighted by Gasteiger charge is -2.50. The number of nitrogens with zero attached hydrogens (tertiary/aromatic N) is 1. The minimum Gasteiger partial charge on any atom is -0.370 e. The van der Waals surface area contributed by atoms with Gasteiger partial charge in [-0.15, -0.1) is 0 Å². The highest BCUT2D eigenvalue weighted by atomic mass is 16.5. The molecule has 2 amide bonds. The molecule has 0 bridgehead atoms. The Bertz CT molecular complexity index is 1080. The van der Waals surface area contributed by atoms with Crippen molar-refractivity contribution >= 4 is 11.8 Å². The molecule has 0 aromatic rings. The van der Waals surface area contributed by atoms with Crippen molar-refractivity contribution in [1.29, 1.82) is 0 Å². The molecule has 3 unspecified atom stereocenters. The molecule has 0 spiro atoms. The largest absolute Gasteiger partial charge is 0.370 e. The van der Waals surface area contributed by atoms with Crippen LogP contribution in [0.4, 0.5) is 0 Å². The van der Waals surface area contributed by atoms with E-state index < -0.39 is 22.5 Å². The van der Waals surface area contributed by atoms with E-state index in [1.807, 2.05) is 20.8 Å². The number of amides is 2. The van der Waals surface area contributed by atoms with E-state index in [1.165, 1.54) is 4.90 Å². The molecule has 3 atom stereocenters. The summed E-state index contributed by atoms with van der Waals surface area (Å²) in [4.78, 5) is 28.7. The lowest BCUT2D eigenvalue weighted by molar-refractivity contribution is -0.146. The first-order valence-electron chi connectivity index (χ1n) is 17.3. The topological polar surface area (TPSA) is 98.6 Å². The zero-order valence-electron chi connectivity index (χ0n) is 33.1. The second-order valence-electron chi connectivity index (χ2n) is 20.8. The van der Waals surface area contributed by atoms with E-state index in [0.29, 0.717) is 19.3 Å². The number of hydrogen-bond acceptors (Lipinski definition) is 5. The molecule has 1 rings (SSSR count). The lowest BCUT2D eigenvalue weighted by atomic mass is 9.57. The van der Waals surface area contributed by atoms with E-state index >= 15 is 0 Å². The number of imide groups is 1. The van der Waals surface area contributed by atoms with E-state index in [0.717, 1.165) is 24.8 Å². The second kappa shape index (κ2) is 13.0. The number of carbonyl (C=O) groups is 2. The maximum atomic E-state index is 13.8. The van der Waals surface area contributed by atoms with Crippen LogP contribution in [0.1, 0.15) is 170 Å². The van der Waals surface area contributed by atoms with E-state index in [-0.39, 0.29) is 51.1 Å². The van der Waals surface area contributed by atoms with Crippen molar-refractivity contribution in [2.24, 2.45) is 39.0 Å². The molecule has 264 valence electrons. The summed E-state index contributed by atoms with van der Waals surface area (Å²) in [7, 11) is 0. The van der Waals surface area contributed by atoms with Gasteiger partial charge in [0.05, 0.1) is 17.1 Å². The molecule has 0 aliphatic carbocycles. The zero-order valence-corrected chi connectivity index (χ0v) is 33.1. The Morgan fingerprint density at radius 3 is 1.69 bits per heavy atom. The van der Waals surface area contributed by atoms with Gasteiger partial charge >= 0.3 is 0 Å². The van der Waals surface area contributed by atoms with Crippen LogP contribution in [0.3, 0.4) is 0 Å². The van der Waals surface area contributed by atoms with E-state index in [4.69, 9.17) is 16.2 Å².